The number of hydrogen-bond acceptors (Lipinski definition) is 4. The molecule has 2 aliphatic rings. The molecule has 0 amide bonds. The molecule has 0 atom stereocenters. The van der Waals surface area contributed by atoms with Gasteiger partial charge in [-0.15, -0.1) is 0 Å². The van der Waals surface area contributed by atoms with Gasteiger partial charge in [-0.1, -0.05) is 0 Å². The molecule has 5 heteroatoms. The number of rotatable bonds is 1. The smallest absolute Gasteiger partial charge is 0.336 e. The van der Waals surface area contributed by atoms with Crippen molar-refractivity contribution in [1.29, 1.82) is 0 Å². The topological polar surface area (TPSA) is 64.6 Å². The number of fused-ring (bicyclic) bond motifs is 1. The number of nitrogens with one attached hydrogen (secondary N) is 2. The van der Waals surface area contributed by atoms with E-state index < -0.39 is 5.97 Å². The molecule has 0 saturated carbocycles. The molecule has 0 radical (unpaired) electrons. The zero-order valence-corrected chi connectivity index (χ0v) is 6.37. The molecule has 0 aromatic heterocycles. The van der Waals surface area contributed by atoms with Gasteiger partial charge >= 0.3 is 5.97 Å². The Morgan fingerprint density at radius 1 is 1.67 bits per heavy atom. The maximum Gasteiger partial charge on any atom is 0.336 e. The Hall–Kier alpha value is -1.49. The molecule has 0 unspecified atom stereocenters. The molecule has 3 N–H and O–H groups in total. The average molecular weight is 167 g/mol. The molecule has 0 saturated heterocycles. The van der Waals surface area contributed by atoms with Crippen molar-refractivity contribution < 1.29 is 9.90 Å². The zero-order chi connectivity index (χ0) is 8.55. The molecule has 2 rings (SSSR count). The van der Waals surface area contributed by atoms with Crippen molar-refractivity contribution in [3.63, 3.8) is 0 Å². The Morgan fingerprint density at radius 3 is 3.25 bits per heavy atom. The van der Waals surface area contributed by atoms with Gasteiger partial charge in [-0.3, -0.25) is 5.01 Å². The van der Waals surface area contributed by atoms with Crippen molar-refractivity contribution in [2.45, 2.75) is 0 Å². The third-order valence-corrected chi connectivity index (χ3v) is 1.89. The Labute approximate surface area is 69.3 Å². The summed E-state index contributed by atoms with van der Waals surface area (Å²) in [5.41, 5.74) is 3.34. The van der Waals surface area contributed by atoms with E-state index in [0.29, 0.717) is 24.5 Å². The van der Waals surface area contributed by atoms with Gasteiger partial charge in [0.15, 0.2) is 0 Å². The second-order valence-corrected chi connectivity index (χ2v) is 2.62. The Bertz CT molecular complexity index is 282. The van der Waals surface area contributed by atoms with E-state index in [4.69, 9.17) is 5.11 Å². The first-order chi connectivity index (χ1) is 5.79. The predicted molar refractivity (Wildman–Crippen MR) is 41.6 cm³/mol. The van der Waals surface area contributed by atoms with E-state index in [1.807, 2.05) is 6.08 Å². The molecule has 0 spiro atoms. The lowest BCUT2D eigenvalue weighted by atomic mass is 10.3. The van der Waals surface area contributed by atoms with Crippen LogP contribution in [0.2, 0.25) is 0 Å². The van der Waals surface area contributed by atoms with Crippen molar-refractivity contribution in [3.8, 4) is 0 Å². The van der Waals surface area contributed by atoms with E-state index in [9.17, 15) is 4.79 Å². The van der Waals surface area contributed by atoms with Crippen LogP contribution in [0.25, 0.3) is 0 Å². The second kappa shape index (κ2) is 2.53. The van der Waals surface area contributed by atoms with Crippen molar-refractivity contribution in [2.24, 2.45) is 0 Å². The molecular weight excluding hydrogens is 158 g/mol. The summed E-state index contributed by atoms with van der Waals surface area (Å²) in [6.45, 7) is 1.10. The highest BCUT2D eigenvalue weighted by Crippen LogP contribution is 2.14. The van der Waals surface area contributed by atoms with E-state index in [2.05, 4.69) is 10.7 Å². The summed E-state index contributed by atoms with van der Waals surface area (Å²) >= 11 is 0. The Morgan fingerprint density at radius 2 is 2.50 bits per heavy atom. The average Bonchev–Trinajstić information content (AvgIpc) is 2.47. The fraction of sp³-hybridized carbons (Fsp3) is 0.286. The number of carboxylic acid groups (broad SMARTS) is 1. The summed E-state index contributed by atoms with van der Waals surface area (Å²) in [7, 11) is 0. The molecule has 2 heterocycles. The van der Waals surface area contributed by atoms with E-state index in [0.717, 1.165) is 0 Å². The number of hydrazine groups is 1. The van der Waals surface area contributed by atoms with Gasteiger partial charge in [-0.25, -0.2) is 10.2 Å². The lowest BCUT2D eigenvalue weighted by Gasteiger charge is -2.23. The SMILES string of the molecule is O=C(O)C1=C2NC=CCN2NC1. The normalized spacial score (nSPS) is 20.8. The third-order valence-electron chi connectivity index (χ3n) is 1.89. The second-order valence-electron chi connectivity index (χ2n) is 2.62. The summed E-state index contributed by atoms with van der Waals surface area (Å²) in [6, 6.07) is 0. The first kappa shape index (κ1) is 7.17. The quantitative estimate of drug-likeness (QED) is 0.478. The first-order valence-corrected chi connectivity index (χ1v) is 3.68. The first-order valence-electron chi connectivity index (χ1n) is 3.68. The van der Waals surface area contributed by atoms with Crippen LogP contribution < -0.4 is 10.7 Å². The van der Waals surface area contributed by atoms with Crippen LogP contribution in [0.4, 0.5) is 0 Å². The summed E-state index contributed by atoms with van der Waals surface area (Å²) < 4.78 is 0. The van der Waals surface area contributed by atoms with Crippen molar-refractivity contribution in [3.05, 3.63) is 23.7 Å². The zero-order valence-electron chi connectivity index (χ0n) is 6.37. The molecule has 5 nitrogen and oxygen atoms in total. The van der Waals surface area contributed by atoms with Crippen LogP contribution in [-0.2, 0) is 4.79 Å². The van der Waals surface area contributed by atoms with Crippen LogP contribution in [0.15, 0.2) is 23.7 Å². The van der Waals surface area contributed by atoms with Crippen molar-refractivity contribution in [1.82, 2.24) is 15.8 Å². The van der Waals surface area contributed by atoms with Crippen LogP contribution in [-0.4, -0.2) is 29.2 Å². The van der Waals surface area contributed by atoms with Crippen molar-refractivity contribution in [2.75, 3.05) is 13.1 Å². The fourth-order valence-electron chi connectivity index (χ4n) is 1.29. The minimum Gasteiger partial charge on any atom is -0.478 e. The number of carboxylic acids is 1. The molecule has 0 aliphatic carbocycles. The van der Waals surface area contributed by atoms with Crippen molar-refractivity contribution >= 4 is 5.97 Å². The molecular formula is C7H9N3O2. The van der Waals surface area contributed by atoms with Gasteiger partial charge < -0.3 is 10.4 Å². The van der Waals surface area contributed by atoms with Gasteiger partial charge in [-0.05, 0) is 6.08 Å². The molecule has 64 valence electrons. The van der Waals surface area contributed by atoms with Gasteiger partial charge in [0.25, 0.3) is 0 Å². The lowest BCUT2D eigenvalue weighted by Crippen LogP contribution is -2.38. The summed E-state index contributed by atoms with van der Waals surface area (Å²) in [5.74, 6) is -0.215. The van der Waals surface area contributed by atoms with Gasteiger partial charge in [0.2, 0.25) is 0 Å². The van der Waals surface area contributed by atoms with Crippen LogP contribution in [0.1, 0.15) is 0 Å². The monoisotopic (exact) mass is 167 g/mol. The maximum absolute atomic E-state index is 10.7. The lowest BCUT2D eigenvalue weighted by molar-refractivity contribution is -0.132. The summed E-state index contributed by atoms with van der Waals surface area (Å²) in [6.07, 6.45) is 3.67. The van der Waals surface area contributed by atoms with E-state index in [1.165, 1.54) is 0 Å². The Balaban J connectivity index is 2.32. The molecule has 0 fully saturated rings. The minimum atomic E-state index is -0.872. The van der Waals surface area contributed by atoms with Crippen LogP contribution >= 0.6 is 0 Å². The van der Waals surface area contributed by atoms with E-state index in [-0.39, 0.29) is 0 Å². The van der Waals surface area contributed by atoms with Crippen LogP contribution in [0.3, 0.4) is 0 Å². The highest BCUT2D eigenvalue weighted by molar-refractivity contribution is 5.88. The predicted octanol–water partition coefficient (Wildman–Crippen LogP) is -0.780. The Kier molecular flexibility index (Phi) is 1.51. The highest BCUT2D eigenvalue weighted by atomic mass is 16.4. The van der Waals surface area contributed by atoms with Gasteiger partial charge in [-0.2, -0.15) is 0 Å². The van der Waals surface area contributed by atoms with Gasteiger partial charge in [0, 0.05) is 6.20 Å². The number of aliphatic carboxylic acids is 1. The van der Waals surface area contributed by atoms with Crippen LogP contribution in [0.5, 0.6) is 0 Å². The maximum atomic E-state index is 10.7. The highest BCUT2D eigenvalue weighted by Gasteiger charge is 2.26. The standard InChI is InChI=1S/C7H9N3O2/c11-7(12)5-4-9-10-3-1-2-8-6(5)10/h1-2,8-9H,3-4H2,(H,11,12). The summed E-state index contributed by atoms with van der Waals surface area (Å²) in [4.78, 5) is 10.7. The fourth-order valence-corrected chi connectivity index (χ4v) is 1.29. The van der Waals surface area contributed by atoms with Gasteiger partial charge in [0.05, 0.1) is 18.7 Å². The number of nitrogens with zero attached hydrogens (tertiary/aromatic N) is 1. The summed E-state index contributed by atoms with van der Waals surface area (Å²) in [5, 5.41) is 13.4. The number of hydrogen-bond donors (Lipinski definition) is 3. The number of carbonyl (C=O) groups is 1. The molecule has 0 bridgehead atoms. The molecule has 2 aliphatic heterocycles. The minimum absolute atomic E-state index is 0.388. The molecule has 0 aromatic carbocycles. The van der Waals surface area contributed by atoms with Crippen LogP contribution in [0, 0.1) is 0 Å². The molecule has 0 aromatic rings. The third kappa shape index (κ3) is 0.947. The largest absolute Gasteiger partial charge is 0.478 e. The van der Waals surface area contributed by atoms with E-state index >= 15 is 0 Å². The van der Waals surface area contributed by atoms with E-state index in [1.54, 1.807) is 11.2 Å². The molecule has 12 heavy (non-hydrogen) atoms. The van der Waals surface area contributed by atoms with Gasteiger partial charge in [0.1, 0.15) is 5.82 Å².